The third-order valence-electron chi connectivity index (χ3n) is 5.48. The molecule has 1 aliphatic rings. The fourth-order valence-corrected chi connectivity index (χ4v) is 3.82. The van der Waals surface area contributed by atoms with Gasteiger partial charge in [-0.25, -0.2) is 9.31 Å². The van der Waals surface area contributed by atoms with Crippen LogP contribution in [-0.4, -0.2) is 55.7 Å². The quantitative estimate of drug-likeness (QED) is 0.619. The maximum absolute atomic E-state index is 12.3. The Labute approximate surface area is 187 Å². The van der Waals surface area contributed by atoms with E-state index in [0.717, 1.165) is 24.0 Å². The van der Waals surface area contributed by atoms with Crippen LogP contribution in [0, 0.1) is 17.2 Å². The van der Waals surface area contributed by atoms with Crippen LogP contribution in [0.2, 0.25) is 0 Å². The van der Waals surface area contributed by atoms with E-state index in [1.54, 1.807) is 26.5 Å². The van der Waals surface area contributed by atoms with Gasteiger partial charge in [0.1, 0.15) is 28.5 Å². The molecule has 0 unspecified atom stereocenters. The summed E-state index contributed by atoms with van der Waals surface area (Å²) in [5.41, 5.74) is 2.49. The minimum atomic E-state index is -0.495. The first-order valence-electron chi connectivity index (χ1n) is 10.7. The highest BCUT2D eigenvalue weighted by Crippen LogP contribution is 2.31. The zero-order valence-corrected chi connectivity index (χ0v) is 18.9. The number of hydrogen-bond acceptors (Lipinski definition) is 6. The lowest BCUT2D eigenvalue weighted by molar-refractivity contribution is 0.0165. The summed E-state index contributed by atoms with van der Waals surface area (Å²) in [6.07, 6.45) is 8.54. The highest BCUT2D eigenvalue weighted by Gasteiger charge is 2.27. The average Bonchev–Trinajstić information content (AvgIpc) is 3.37. The highest BCUT2D eigenvalue weighted by molar-refractivity contribution is 5.75. The summed E-state index contributed by atoms with van der Waals surface area (Å²) in [4.78, 5) is 14.0. The number of carbonyl (C=O) groups is 1. The van der Waals surface area contributed by atoms with E-state index >= 15 is 0 Å². The molecular weight excluding hydrogens is 408 g/mol. The fourth-order valence-electron chi connectivity index (χ4n) is 3.82. The van der Waals surface area contributed by atoms with Crippen LogP contribution in [0.25, 0.3) is 16.6 Å². The number of aryl methyl sites for hydroxylation is 1. The van der Waals surface area contributed by atoms with Gasteiger partial charge in [-0.15, -0.1) is 0 Å². The van der Waals surface area contributed by atoms with Crippen molar-refractivity contribution in [1.29, 1.82) is 5.26 Å². The number of nitriles is 1. The van der Waals surface area contributed by atoms with Gasteiger partial charge in [0, 0.05) is 43.7 Å². The second-order valence-electron chi connectivity index (χ2n) is 9.18. The zero-order chi connectivity index (χ0) is 22.9. The number of carbonyl (C=O) groups excluding carboxylic acids is 1. The van der Waals surface area contributed by atoms with E-state index in [1.807, 2.05) is 46.3 Å². The second-order valence-corrected chi connectivity index (χ2v) is 9.18. The number of pyridine rings is 1. The van der Waals surface area contributed by atoms with Crippen molar-refractivity contribution in [3.63, 3.8) is 0 Å². The minimum absolute atomic E-state index is 0.263. The Balaban J connectivity index is 1.47. The largest absolute Gasteiger partial charge is 0.491 e. The lowest BCUT2D eigenvalue weighted by atomic mass is 9.98. The van der Waals surface area contributed by atoms with Crippen molar-refractivity contribution in [2.24, 2.45) is 13.0 Å². The van der Waals surface area contributed by atoms with E-state index in [2.05, 4.69) is 16.3 Å². The Morgan fingerprint density at radius 2 is 1.94 bits per heavy atom. The van der Waals surface area contributed by atoms with Crippen molar-refractivity contribution in [3.8, 4) is 22.9 Å². The molecule has 0 N–H and O–H groups in total. The molecule has 3 aromatic rings. The number of nitrogens with zero attached hydrogens (tertiary/aromatic N) is 6. The Morgan fingerprint density at radius 3 is 2.56 bits per heavy atom. The molecule has 32 heavy (non-hydrogen) atoms. The number of ether oxygens (including phenoxy) is 2. The number of piperidine rings is 1. The fraction of sp³-hybridized carbons (Fsp3) is 0.478. The van der Waals surface area contributed by atoms with E-state index in [1.165, 1.54) is 0 Å². The summed E-state index contributed by atoms with van der Waals surface area (Å²) >= 11 is 0. The number of likely N-dealkylation sites (tertiary alicyclic amines) is 1. The Morgan fingerprint density at radius 1 is 1.19 bits per heavy atom. The summed E-state index contributed by atoms with van der Waals surface area (Å²) in [6, 6.07) is 4.13. The van der Waals surface area contributed by atoms with Gasteiger partial charge in [0.2, 0.25) is 0 Å². The van der Waals surface area contributed by atoms with Crippen LogP contribution in [0.15, 0.2) is 30.9 Å². The van der Waals surface area contributed by atoms with Gasteiger partial charge in [-0.1, -0.05) is 0 Å². The van der Waals surface area contributed by atoms with Gasteiger partial charge >= 0.3 is 6.09 Å². The van der Waals surface area contributed by atoms with Crippen LogP contribution < -0.4 is 4.74 Å². The monoisotopic (exact) mass is 436 g/mol. The van der Waals surface area contributed by atoms with Crippen LogP contribution in [0.3, 0.4) is 0 Å². The maximum atomic E-state index is 12.3. The summed E-state index contributed by atoms with van der Waals surface area (Å²) in [6.45, 7) is 7.41. The van der Waals surface area contributed by atoms with E-state index in [-0.39, 0.29) is 6.09 Å². The molecule has 4 rings (SSSR count). The van der Waals surface area contributed by atoms with Crippen LogP contribution in [0.5, 0.6) is 5.75 Å². The third kappa shape index (κ3) is 4.69. The van der Waals surface area contributed by atoms with Gasteiger partial charge in [0.05, 0.1) is 19.0 Å². The van der Waals surface area contributed by atoms with Gasteiger partial charge < -0.3 is 14.4 Å². The molecule has 0 spiro atoms. The van der Waals surface area contributed by atoms with E-state index in [9.17, 15) is 10.1 Å². The summed E-state index contributed by atoms with van der Waals surface area (Å²) in [5.74, 6) is 0.930. The molecule has 1 aliphatic heterocycles. The topological polar surface area (TPSA) is 97.7 Å². The van der Waals surface area contributed by atoms with Crippen molar-refractivity contribution < 1.29 is 14.3 Å². The van der Waals surface area contributed by atoms with Crippen LogP contribution >= 0.6 is 0 Å². The number of aromatic nitrogens is 4. The molecule has 1 saturated heterocycles. The summed E-state index contributed by atoms with van der Waals surface area (Å²) in [5, 5.41) is 18.1. The molecule has 4 heterocycles. The van der Waals surface area contributed by atoms with Crippen molar-refractivity contribution in [1.82, 2.24) is 24.3 Å². The predicted octanol–water partition coefficient (Wildman–Crippen LogP) is 3.63. The SMILES string of the molecule is Cn1cc(-c2cc(OCC3CCN(C(=O)OC(C)(C)C)CC3)c3c(C#N)cnn3c2)cn1. The van der Waals surface area contributed by atoms with Gasteiger partial charge in [-0.05, 0) is 45.6 Å². The Bertz CT molecular complexity index is 1160. The van der Waals surface area contributed by atoms with Gasteiger partial charge in [0.15, 0.2) is 0 Å². The zero-order valence-electron chi connectivity index (χ0n) is 18.9. The molecule has 0 bridgehead atoms. The number of fused-ring (bicyclic) bond motifs is 1. The van der Waals surface area contributed by atoms with Crippen molar-refractivity contribution in [3.05, 3.63) is 36.4 Å². The van der Waals surface area contributed by atoms with Crippen molar-refractivity contribution in [2.75, 3.05) is 19.7 Å². The molecule has 0 saturated carbocycles. The first kappa shape index (κ1) is 21.7. The first-order valence-corrected chi connectivity index (χ1v) is 10.7. The highest BCUT2D eigenvalue weighted by atomic mass is 16.6. The van der Waals surface area contributed by atoms with Crippen LogP contribution in [0.4, 0.5) is 4.79 Å². The van der Waals surface area contributed by atoms with Gasteiger partial charge in [0.25, 0.3) is 0 Å². The van der Waals surface area contributed by atoms with Crippen LogP contribution in [-0.2, 0) is 11.8 Å². The normalized spacial score (nSPS) is 15.0. The molecule has 0 aliphatic carbocycles. The van der Waals surface area contributed by atoms with Crippen molar-refractivity contribution >= 4 is 11.6 Å². The molecule has 0 radical (unpaired) electrons. The molecule has 9 nitrogen and oxygen atoms in total. The molecule has 9 heteroatoms. The number of rotatable bonds is 4. The van der Waals surface area contributed by atoms with E-state index < -0.39 is 5.60 Å². The molecule has 168 valence electrons. The van der Waals surface area contributed by atoms with Crippen molar-refractivity contribution in [2.45, 2.75) is 39.2 Å². The standard InChI is InChI=1S/C23H28N6O3/c1-23(2,3)32-22(30)28-7-5-16(6-8-28)15-31-20-9-17(19-12-25-27(4)13-19)14-29-21(20)18(10-24)11-26-29/h9,11-14,16H,5-8,15H2,1-4H3. The summed E-state index contributed by atoms with van der Waals surface area (Å²) in [7, 11) is 1.87. The van der Waals surface area contributed by atoms with E-state index in [0.29, 0.717) is 42.4 Å². The molecule has 3 aromatic heterocycles. The maximum Gasteiger partial charge on any atom is 0.410 e. The molecular formula is C23H28N6O3. The third-order valence-corrected chi connectivity index (χ3v) is 5.48. The number of hydrogen-bond donors (Lipinski definition) is 0. The molecule has 0 atom stereocenters. The number of amides is 1. The lowest BCUT2D eigenvalue weighted by Crippen LogP contribution is -2.42. The van der Waals surface area contributed by atoms with E-state index in [4.69, 9.17) is 9.47 Å². The predicted molar refractivity (Wildman–Crippen MR) is 118 cm³/mol. The minimum Gasteiger partial charge on any atom is -0.491 e. The average molecular weight is 437 g/mol. The van der Waals surface area contributed by atoms with Gasteiger partial charge in [-0.3, -0.25) is 4.68 Å². The first-order chi connectivity index (χ1) is 15.2. The second kappa shape index (κ2) is 8.54. The smallest absolute Gasteiger partial charge is 0.410 e. The molecule has 0 aromatic carbocycles. The Hall–Kier alpha value is -3.54. The van der Waals surface area contributed by atoms with Gasteiger partial charge in [-0.2, -0.15) is 15.5 Å². The Kier molecular flexibility index (Phi) is 5.78. The molecule has 1 fully saturated rings. The van der Waals surface area contributed by atoms with Crippen LogP contribution in [0.1, 0.15) is 39.2 Å². The lowest BCUT2D eigenvalue weighted by Gasteiger charge is -2.33. The molecule has 1 amide bonds. The summed E-state index contributed by atoms with van der Waals surface area (Å²) < 4.78 is 15.1.